The summed E-state index contributed by atoms with van der Waals surface area (Å²) in [6.45, 7) is 2.56. The van der Waals surface area contributed by atoms with Crippen molar-refractivity contribution >= 4 is 17.4 Å². The Morgan fingerprint density at radius 3 is 2.32 bits per heavy atom. The summed E-state index contributed by atoms with van der Waals surface area (Å²) in [4.78, 5) is 14.9. The first-order chi connectivity index (χ1) is 16.3. The van der Waals surface area contributed by atoms with Crippen molar-refractivity contribution in [2.75, 3.05) is 57.7 Å². The Morgan fingerprint density at radius 1 is 1.06 bits per heavy atom. The minimum Gasteiger partial charge on any atom is -0.633 e. The number of rotatable bonds is 8. The quantitative estimate of drug-likeness (QED) is 0.391. The Kier molecular flexibility index (Phi) is 7.04. The summed E-state index contributed by atoms with van der Waals surface area (Å²) in [6.07, 6.45) is 1.46. The van der Waals surface area contributed by atoms with Crippen molar-refractivity contribution < 1.29 is 18.9 Å². The molecular weight excluding hydrogens is 434 g/mol. The van der Waals surface area contributed by atoms with Gasteiger partial charge in [0.1, 0.15) is 17.3 Å². The van der Waals surface area contributed by atoms with Crippen LogP contribution in [0.15, 0.2) is 48.5 Å². The van der Waals surface area contributed by atoms with E-state index in [0.717, 1.165) is 34.9 Å². The maximum absolute atomic E-state index is 12.7. The highest BCUT2D eigenvalue weighted by molar-refractivity contribution is 6.03. The number of aryl methyl sites for hydroxylation is 2. The van der Waals surface area contributed by atoms with Gasteiger partial charge in [0.25, 0.3) is 5.91 Å². The Hall–Kier alpha value is -3.56. The topological polar surface area (TPSA) is 103 Å². The number of anilines is 2. The molecule has 1 aromatic heterocycles. The molecule has 1 saturated heterocycles. The van der Waals surface area contributed by atoms with E-state index in [2.05, 4.69) is 20.4 Å². The summed E-state index contributed by atoms with van der Waals surface area (Å²) in [7, 11) is 4.97. The van der Waals surface area contributed by atoms with Crippen LogP contribution in [0.2, 0.25) is 0 Å². The van der Waals surface area contributed by atoms with E-state index in [-0.39, 0.29) is 10.6 Å². The number of piperazine rings is 1. The third-order valence-electron chi connectivity index (χ3n) is 6.14. The van der Waals surface area contributed by atoms with Gasteiger partial charge in [0, 0.05) is 23.4 Å². The summed E-state index contributed by atoms with van der Waals surface area (Å²) in [6, 6.07) is 15.1. The molecule has 9 heteroatoms. The monoisotopic (exact) mass is 465 g/mol. The predicted octanol–water partition coefficient (Wildman–Crippen LogP) is 3.23. The first-order valence-electron chi connectivity index (χ1n) is 11.3. The van der Waals surface area contributed by atoms with Crippen LogP contribution in [-0.2, 0) is 12.8 Å². The Bertz CT molecular complexity index is 1090. The second-order valence-corrected chi connectivity index (χ2v) is 8.73. The zero-order chi connectivity index (χ0) is 24.1. The van der Waals surface area contributed by atoms with E-state index in [0.29, 0.717) is 44.0 Å². The lowest BCUT2D eigenvalue weighted by molar-refractivity contribution is -0.861. The Morgan fingerprint density at radius 2 is 1.71 bits per heavy atom. The standard InChI is InChI=1S/C25H31N5O4/c1-30(32)12-10-29(11-13-30)21-8-5-19(6-9-21)25(31)26-24-16-20(27-28-24)7-4-18-14-22(33-2)17-23(15-18)34-3/h5-6,8-9,14-17H,4,7,10-13H2,1-3H3,(H2,26,27,28,31). The molecule has 1 aliphatic heterocycles. The molecule has 0 bridgehead atoms. The second-order valence-electron chi connectivity index (χ2n) is 8.73. The van der Waals surface area contributed by atoms with Gasteiger partial charge in [-0.3, -0.25) is 9.89 Å². The van der Waals surface area contributed by atoms with Crippen LogP contribution in [0.3, 0.4) is 0 Å². The normalized spacial score (nSPS) is 15.1. The van der Waals surface area contributed by atoms with Crippen LogP contribution in [0.25, 0.3) is 0 Å². The van der Waals surface area contributed by atoms with Crippen LogP contribution in [0.4, 0.5) is 11.5 Å². The number of nitrogens with zero attached hydrogens (tertiary/aromatic N) is 3. The summed E-state index contributed by atoms with van der Waals surface area (Å²) >= 11 is 0. The molecule has 0 radical (unpaired) electrons. The van der Waals surface area contributed by atoms with Gasteiger partial charge in [-0.05, 0) is 54.8 Å². The van der Waals surface area contributed by atoms with E-state index in [1.165, 1.54) is 0 Å². The number of methoxy groups -OCH3 is 2. The molecule has 0 spiro atoms. The molecule has 0 unspecified atom stereocenters. The molecule has 2 N–H and O–H groups in total. The molecule has 3 aromatic rings. The van der Waals surface area contributed by atoms with Crippen molar-refractivity contribution in [3.63, 3.8) is 0 Å². The molecule has 1 amide bonds. The van der Waals surface area contributed by atoms with Gasteiger partial charge in [0.05, 0.1) is 53.1 Å². The van der Waals surface area contributed by atoms with E-state index < -0.39 is 0 Å². The number of amides is 1. The first-order valence-corrected chi connectivity index (χ1v) is 11.3. The Labute approximate surface area is 199 Å². The van der Waals surface area contributed by atoms with Gasteiger partial charge in [-0.1, -0.05) is 0 Å². The number of carbonyl (C=O) groups is 1. The zero-order valence-electron chi connectivity index (χ0n) is 19.8. The van der Waals surface area contributed by atoms with Crippen molar-refractivity contribution in [2.24, 2.45) is 0 Å². The average molecular weight is 466 g/mol. The van der Waals surface area contributed by atoms with Crippen molar-refractivity contribution in [3.8, 4) is 11.5 Å². The largest absolute Gasteiger partial charge is 0.633 e. The number of ether oxygens (including phenoxy) is 2. The molecular formula is C25H31N5O4. The van der Waals surface area contributed by atoms with Crippen molar-refractivity contribution in [2.45, 2.75) is 12.8 Å². The van der Waals surface area contributed by atoms with E-state index in [1.54, 1.807) is 33.4 Å². The number of quaternary nitrogens is 1. The number of carbonyl (C=O) groups excluding carboxylic acids is 1. The van der Waals surface area contributed by atoms with Crippen molar-refractivity contribution in [3.05, 3.63) is 70.6 Å². The smallest absolute Gasteiger partial charge is 0.256 e. The van der Waals surface area contributed by atoms with E-state index >= 15 is 0 Å². The number of aromatic nitrogens is 2. The lowest BCUT2D eigenvalue weighted by Gasteiger charge is -2.45. The van der Waals surface area contributed by atoms with Crippen molar-refractivity contribution in [1.82, 2.24) is 10.2 Å². The van der Waals surface area contributed by atoms with Gasteiger partial charge in [-0.25, -0.2) is 0 Å². The number of hydroxylamine groups is 3. The van der Waals surface area contributed by atoms with Gasteiger partial charge in [-0.2, -0.15) is 5.10 Å². The zero-order valence-corrected chi connectivity index (χ0v) is 19.8. The maximum atomic E-state index is 12.7. The number of nitrogens with one attached hydrogen (secondary N) is 2. The molecule has 0 atom stereocenters. The average Bonchev–Trinajstić information content (AvgIpc) is 3.29. The summed E-state index contributed by atoms with van der Waals surface area (Å²) < 4.78 is 10.5. The molecule has 34 heavy (non-hydrogen) atoms. The summed E-state index contributed by atoms with van der Waals surface area (Å²) in [5.74, 6) is 1.84. The van der Waals surface area contributed by atoms with Crippen LogP contribution in [-0.4, -0.2) is 68.2 Å². The van der Waals surface area contributed by atoms with Crippen molar-refractivity contribution in [1.29, 1.82) is 0 Å². The lowest BCUT2D eigenvalue weighted by atomic mass is 10.1. The van der Waals surface area contributed by atoms with Gasteiger partial charge in [0.2, 0.25) is 0 Å². The maximum Gasteiger partial charge on any atom is 0.256 e. The highest BCUT2D eigenvalue weighted by Crippen LogP contribution is 2.24. The molecule has 0 saturated carbocycles. The van der Waals surface area contributed by atoms with Gasteiger partial charge >= 0.3 is 0 Å². The van der Waals surface area contributed by atoms with E-state index in [4.69, 9.17) is 9.47 Å². The second kappa shape index (κ2) is 10.1. The summed E-state index contributed by atoms with van der Waals surface area (Å²) in [5, 5.41) is 22.1. The van der Waals surface area contributed by atoms with Crippen LogP contribution < -0.4 is 19.7 Å². The fourth-order valence-electron chi connectivity index (χ4n) is 4.00. The predicted molar refractivity (Wildman–Crippen MR) is 131 cm³/mol. The molecule has 180 valence electrons. The van der Waals surface area contributed by atoms with E-state index in [1.807, 2.05) is 36.4 Å². The number of aromatic amines is 1. The van der Waals surface area contributed by atoms with Gasteiger partial charge in [0.15, 0.2) is 0 Å². The third-order valence-corrected chi connectivity index (χ3v) is 6.14. The number of hydrogen-bond donors (Lipinski definition) is 2. The van der Waals surface area contributed by atoms with Crippen LogP contribution in [0.1, 0.15) is 21.6 Å². The van der Waals surface area contributed by atoms with Crippen LogP contribution in [0, 0.1) is 5.21 Å². The number of H-pyrrole nitrogens is 1. The fraction of sp³-hybridized carbons (Fsp3) is 0.360. The van der Waals surface area contributed by atoms with E-state index in [9.17, 15) is 10.0 Å². The minimum absolute atomic E-state index is 0.198. The number of hydrogen-bond acceptors (Lipinski definition) is 6. The number of benzene rings is 2. The third kappa shape index (κ3) is 5.86. The molecule has 1 aliphatic rings. The van der Waals surface area contributed by atoms with Gasteiger partial charge < -0.3 is 29.5 Å². The molecule has 9 nitrogen and oxygen atoms in total. The SMILES string of the molecule is COc1cc(CCc2cc(NC(=O)c3ccc(N4CC[N+](C)([O-])CC4)cc3)[nH]n2)cc(OC)c1. The van der Waals surface area contributed by atoms with Crippen LogP contribution >= 0.6 is 0 Å². The van der Waals surface area contributed by atoms with Crippen LogP contribution in [0.5, 0.6) is 11.5 Å². The molecule has 4 rings (SSSR count). The first kappa shape index (κ1) is 23.6. The molecule has 0 aliphatic carbocycles. The molecule has 2 aromatic carbocycles. The van der Waals surface area contributed by atoms with Gasteiger partial charge in [-0.15, -0.1) is 0 Å². The lowest BCUT2D eigenvalue weighted by Crippen LogP contribution is -2.53. The summed E-state index contributed by atoms with van der Waals surface area (Å²) in [5.41, 5.74) is 3.51. The minimum atomic E-state index is -0.207. The highest BCUT2D eigenvalue weighted by Gasteiger charge is 2.21. The molecule has 2 heterocycles. The fourth-order valence-corrected chi connectivity index (χ4v) is 4.00. The Balaban J connectivity index is 1.32. The molecule has 1 fully saturated rings. The number of likely N-dealkylation sites (N-methyl/N-ethyl adjacent to an activating group) is 1. The highest BCUT2D eigenvalue weighted by atomic mass is 16.5.